The monoisotopic (exact) mass is 310 g/mol. The molecule has 3 aromatic rings. The number of aromatic nitrogens is 3. The zero-order chi connectivity index (χ0) is 16.4. The minimum absolute atomic E-state index is 0.181. The van der Waals surface area contributed by atoms with E-state index in [4.69, 9.17) is 0 Å². The van der Waals surface area contributed by atoms with E-state index in [2.05, 4.69) is 15.4 Å². The molecule has 0 atom stereocenters. The van der Waals surface area contributed by atoms with Crippen molar-refractivity contribution < 1.29 is 9.18 Å². The number of benzene rings is 1. The maximum Gasteiger partial charge on any atom is 0.222 e. The van der Waals surface area contributed by atoms with E-state index in [9.17, 15) is 9.18 Å². The van der Waals surface area contributed by atoms with Crippen LogP contribution in [0.2, 0.25) is 0 Å². The molecule has 1 aromatic carbocycles. The molecule has 3 rings (SSSR count). The van der Waals surface area contributed by atoms with Gasteiger partial charge in [-0.05, 0) is 42.0 Å². The quantitative estimate of drug-likeness (QED) is 0.808. The van der Waals surface area contributed by atoms with Crippen LogP contribution < -0.4 is 5.32 Å². The molecule has 0 saturated carbocycles. The average Bonchev–Trinajstić information content (AvgIpc) is 2.89. The lowest BCUT2D eigenvalue weighted by Gasteiger charge is -2.05. The van der Waals surface area contributed by atoms with Crippen LogP contribution in [0, 0.1) is 5.82 Å². The number of amides is 1. The zero-order valence-corrected chi connectivity index (χ0v) is 12.7. The standard InChI is InChI=1S/C17H15FN4O/c1-11(23)20-16-9-13(7-8-19-16)15-10-22(2)21-17(15)12-3-5-14(18)6-4-12/h3-10H,1-2H3,(H,19,20,23). The molecule has 0 aliphatic carbocycles. The molecule has 0 aliphatic heterocycles. The predicted octanol–water partition coefficient (Wildman–Crippen LogP) is 3.25. The molecule has 0 spiro atoms. The Morgan fingerprint density at radius 1 is 1.17 bits per heavy atom. The number of pyridine rings is 1. The molecule has 116 valence electrons. The highest BCUT2D eigenvalue weighted by Gasteiger charge is 2.13. The number of hydrogen-bond acceptors (Lipinski definition) is 3. The van der Waals surface area contributed by atoms with Crippen molar-refractivity contribution in [3.8, 4) is 22.4 Å². The van der Waals surface area contributed by atoms with Crippen LogP contribution in [0.3, 0.4) is 0 Å². The van der Waals surface area contributed by atoms with Gasteiger partial charge in [0.2, 0.25) is 5.91 Å². The molecule has 5 nitrogen and oxygen atoms in total. The number of carbonyl (C=O) groups is 1. The lowest BCUT2D eigenvalue weighted by Crippen LogP contribution is -2.07. The molecular weight excluding hydrogens is 295 g/mol. The number of rotatable bonds is 3. The van der Waals surface area contributed by atoms with Gasteiger partial charge in [0.05, 0.1) is 0 Å². The molecular formula is C17H15FN4O. The fraction of sp³-hybridized carbons (Fsp3) is 0.118. The maximum atomic E-state index is 13.1. The Morgan fingerprint density at radius 2 is 1.91 bits per heavy atom. The summed E-state index contributed by atoms with van der Waals surface area (Å²) >= 11 is 0. The predicted molar refractivity (Wildman–Crippen MR) is 86.1 cm³/mol. The Kier molecular flexibility index (Phi) is 3.89. The van der Waals surface area contributed by atoms with Gasteiger partial charge in [0.25, 0.3) is 0 Å². The van der Waals surface area contributed by atoms with Crippen molar-refractivity contribution in [1.29, 1.82) is 0 Å². The molecule has 0 saturated heterocycles. The first-order valence-electron chi connectivity index (χ1n) is 7.06. The van der Waals surface area contributed by atoms with Crippen molar-refractivity contribution in [2.45, 2.75) is 6.92 Å². The Balaban J connectivity index is 2.07. The lowest BCUT2D eigenvalue weighted by atomic mass is 10.0. The molecule has 0 unspecified atom stereocenters. The van der Waals surface area contributed by atoms with Gasteiger partial charge in [0.15, 0.2) is 0 Å². The number of nitrogens with zero attached hydrogens (tertiary/aromatic N) is 3. The van der Waals surface area contributed by atoms with Crippen LogP contribution in [0.5, 0.6) is 0 Å². The molecule has 0 radical (unpaired) electrons. The SMILES string of the molecule is CC(=O)Nc1cc(-c2cn(C)nc2-c2ccc(F)cc2)ccn1. The summed E-state index contributed by atoms with van der Waals surface area (Å²) in [5, 5.41) is 7.13. The van der Waals surface area contributed by atoms with Gasteiger partial charge in [-0.1, -0.05) is 0 Å². The van der Waals surface area contributed by atoms with Gasteiger partial charge in [0.1, 0.15) is 17.3 Å². The molecule has 0 aliphatic rings. The number of anilines is 1. The minimum Gasteiger partial charge on any atom is -0.311 e. The zero-order valence-electron chi connectivity index (χ0n) is 12.7. The summed E-state index contributed by atoms with van der Waals surface area (Å²) in [5.41, 5.74) is 3.32. The molecule has 2 heterocycles. The fourth-order valence-corrected chi connectivity index (χ4v) is 2.37. The molecule has 0 fully saturated rings. The maximum absolute atomic E-state index is 13.1. The van der Waals surface area contributed by atoms with E-state index in [0.29, 0.717) is 5.82 Å². The van der Waals surface area contributed by atoms with Gasteiger partial charge >= 0.3 is 0 Å². The third-order valence-corrected chi connectivity index (χ3v) is 3.32. The molecule has 1 amide bonds. The summed E-state index contributed by atoms with van der Waals surface area (Å²) < 4.78 is 14.8. The summed E-state index contributed by atoms with van der Waals surface area (Å²) in [7, 11) is 1.83. The fourth-order valence-electron chi connectivity index (χ4n) is 2.37. The topological polar surface area (TPSA) is 59.8 Å². The van der Waals surface area contributed by atoms with Crippen LogP contribution in [0.25, 0.3) is 22.4 Å². The van der Waals surface area contributed by atoms with E-state index >= 15 is 0 Å². The van der Waals surface area contributed by atoms with Crippen LogP contribution >= 0.6 is 0 Å². The number of halogens is 1. The van der Waals surface area contributed by atoms with Crippen LogP contribution in [0.1, 0.15) is 6.92 Å². The number of hydrogen-bond donors (Lipinski definition) is 1. The lowest BCUT2D eigenvalue weighted by molar-refractivity contribution is -0.114. The number of carbonyl (C=O) groups excluding carboxylic acids is 1. The van der Waals surface area contributed by atoms with Gasteiger partial charge in [-0.2, -0.15) is 5.10 Å². The summed E-state index contributed by atoms with van der Waals surface area (Å²) in [6.07, 6.45) is 3.51. The van der Waals surface area contributed by atoms with Crippen LogP contribution in [-0.2, 0) is 11.8 Å². The van der Waals surface area contributed by atoms with E-state index in [-0.39, 0.29) is 11.7 Å². The summed E-state index contributed by atoms with van der Waals surface area (Å²) in [5.74, 6) is 0.00610. The second-order valence-corrected chi connectivity index (χ2v) is 5.18. The molecule has 6 heteroatoms. The van der Waals surface area contributed by atoms with Crippen LogP contribution in [-0.4, -0.2) is 20.7 Å². The minimum atomic E-state index is -0.289. The van der Waals surface area contributed by atoms with Gasteiger partial charge in [-0.3, -0.25) is 9.48 Å². The van der Waals surface area contributed by atoms with Gasteiger partial charge in [0, 0.05) is 37.5 Å². The van der Waals surface area contributed by atoms with Crippen molar-refractivity contribution in [2.24, 2.45) is 7.05 Å². The third kappa shape index (κ3) is 3.26. The Hall–Kier alpha value is -3.02. The van der Waals surface area contributed by atoms with Crippen molar-refractivity contribution in [2.75, 3.05) is 5.32 Å². The molecule has 1 N–H and O–H groups in total. The van der Waals surface area contributed by atoms with E-state index in [0.717, 1.165) is 22.4 Å². The first kappa shape index (κ1) is 14.9. The smallest absolute Gasteiger partial charge is 0.222 e. The normalized spacial score (nSPS) is 10.6. The summed E-state index contributed by atoms with van der Waals surface area (Å²) in [4.78, 5) is 15.3. The summed E-state index contributed by atoms with van der Waals surface area (Å²) in [6, 6.07) is 9.82. The van der Waals surface area contributed by atoms with Gasteiger partial charge in [-0.15, -0.1) is 0 Å². The number of nitrogens with one attached hydrogen (secondary N) is 1. The van der Waals surface area contributed by atoms with Crippen molar-refractivity contribution in [3.63, 3.8) is 0 Å². The second-order valence-electron chi connectivity index (χ2n) is 5.18. The highest BCUT2D eigenvalue weighted by Crippen LogP contribution is 2.31. The first-order chi connectivity index (χ1) is 11.0. The van der Waals surface area contributed by atoms with Crippen LogP contribution in [0.4, 0.5) is 10.2 Å². The van der Waals surface area contributed by atoms with E-state index in [1.807, 2.05) is 19.3 Å². The highest BCUT2D eigenvalue weighted by molar-refractivity contribution is 5.89. The number of aryl methyl sites for hydroxylation is 1. The Morgan fingerprint density at radius 3 is 2.61 bits per heavy atom. The van der Waals surface area contributed by atoms with Crippen molar-refractivity contribution in [3.05, 3.63) is 54.6 Å². The average molecular weight is 310 g/mol. The van der Waals surface area contributed by atoms with Crippen LogP contribution in [0.15, 0.2) is 48.8 Å². The highest BCUT2D eigenvalue weighted by atomic mass is 19.1. The van der Waals surface area contributed by atoms with E-state index in [1.165, 1.54) is 19.1 Å². The van der Waals surface area contributed by atoms with Crippen molar-refractivity contribution >= 4 is 11.7 Å². The van der Waals surface area contributed by atoms with Gasteiger partial charge in [-0.25, -0.2) is 9.37 Å². The Bertz CT molecular complexity index is 855. The first-order valence-corrected chi connectivity index (χ1v) is 7.06. The molecule has 0 bridgehead atoms. The Labute approximate surface area is 132 Å². The largest absolute Gasteiger partial charge is 0.311 e. The third-order valence-electron chi connectivity index (χ3n) is 3.32. The molecule has 23 heavy (non-hydrogen) atoms. The summed E-state index contributed by atoms with van der Waals surface area (Å²) in [6.45, 7) is 1.43. The van der Waals surface area contributed by atoms with Gasteiger partial charge < -0.3 is 5.32 Å². The van der Waals surface area contributed by atoms with E-state index in [1.54, 1.807) is 29.1 Å². The molecule has 2 aromatic heterocycles. The van der Waals surface area contributed by atoms with E-state index < -0.39 is 0 Å². The second kappa shape index (κ2) is 6.00. The van der Waals surface area contributed by atoms with Crippen molar-refractivity contribution in [1.82, 2.24) is 14.8 Å².